The Hall–Kier alpha value is 1.87. The van der Waals surface area contributed by atoms with Gasteiger partial charge in [0.05, 0.1) is 0 Å². The summed E-state index contributed by atoms with van der Waals surface area (Å²) in [4.78, 5) is 14.3. The number of rotatable bonds is 0. The van der Waals surface area contributed by atoms with E-state index in [4.69, 9.17) is 24.6 Å². The van der Waals surface area contributed by atoms with E-state index in [9.17, 15) is 0 Å². The molecule has 0 aromatic rings. The Morgan fingerprint density at radius 1 is 1.00 bits per heavy atom. The molecule has 5 nitrogen and oxygen atoms in total. The van der Waals surface area contributed by atoms with Crippen LogP contribution in [0.4, 0.5) is 0 Å². The van der Waals surface area contributed by atoms with Gasteiger partial charge >= 0.3 is 112 Å². The molecule has 8 heteroatoms. The van der Waals surface area contributed by atoms with Gasteiger partial charge in [0.1, 0.15) is 0 Å². The first-order valence-corrected chi connectivity index (χ1v) is 2.47. The molecule has 0 rings (SSSR count). The predicted octanol–water partition coefficient (Wildman–Crippen LogP) is -2.63. The van der Waals surface area contributed by atoms with Crippen molar-refractivity contribution in [2.75, 3.05) is 0 Å². The monoisotopic (exact) mass is 212 g/mol. The minimum atomic E-state index is -3.13. The molecule has 0 saturated carbocycles. The van der Waals surface area contributed by atoms with Crippen molar-refractivity contribution in [1.82, 2.24) is 0 Å². The Labute approximate surface area is 146 Å². The van der Waals surface area contributed by atoms with Gasteiger partial charge in [0.15, 0.2) is 0 Å². The zero-order valence-corrected chi connectivity index (χ0v) is 4.85. The summed E-state index contributed by atoms with van der Waals surface area (Å²) in [6.07, 6.45) is 0. The number of hydrogen-bond acceptors (Lipinski definition) is 3. The summed E-state index contributed by atoms with van der Waals surface area (Å²) in [6.45, 7) is 7.00. The van der Waals surface area contributed by atoms with Gasteiger partial charge in [-0.05, 0) is 0 Å². The van der Waals surface area contributed by atoms with Crippen LogP contribution in [0.5, 0.6) is 0 Å². The third-order valence-corrected chi connectivity index (χ3v) is 0. The van der Waals surface area contributed by atoms with E-state index < -0.39 is 9.17 Å². The fourth-order valence-electron chi connectivity index (χ4n) is 0. The summed E-state index contributed by atoms with van der Waals surface area (Å²) >= 11 is 0. The summed E-state index contributed by atoms with van der Waals surface area (Å²) in [5, 5.41) is 13.0. The van der Waals surface area contributed by atoms with Crippen LogP contribution in [0.1, 0.15) is 0 Å². The number of hydrogen-bond donors (Lipinski definition) is 2. The van der Waals surface area contributed by atoms with Crippen LogP contribution in [0.25, 0.3) is 0 Å². The molecule has 2 N–H and O–H groups in total. The van der Waals surface area contributed by atoms with Crippen molar-refractivity contribution in [3.8, 4) is 13.1 Å². The van der Waals surface area contributed by atoms with Crippen LogP contribution in [0.3, 0.4) is 0 Å². The standard InChI is InChI=1S/2CHN.2K.H2O3Si.2H/c2*1-2;;;1-4(2)3;;/h2*1H;;;1-2H;;. The second kappa shape index (κ2) is 44.7. The van der Waals surface area contributed by atoms with Gasteiger partial charge in [0.2, 0.25) is 0 Å². The van der Waals surface area contributed by atoms with Gasteiger partial charge in [-0.15, -0.1) is 0 Å². The molecule has 0 aromatic carbocycles. The summed E-state index contributed by atoms with van der Waals surface area (Å²) in [7, 11) is -3.13. The van der Waals surface area contributed by atoms with E-state index in [2.05, 4.69) is 13.1 Å². The van der Waals surface area contributed by atoms with Crippen molar-refractivity contribution < 1.29 is 14.1 Å². The first kappa shape index (κ1) is 29.7. The summed E-state index contributed by atoms with van der Waals surface area (Å²) in [5.74, 6) is 0. The van der Waals surface area contributed by atoms with Crippen LogP contribution in [0.15, 0.2) is 0 Å². The molecule has 0 aliphatic rings. The maximum atomic E-state index is 8.74. The van der Waals surface area contributed by atoms with Crippen LogP contribution >= 0.6 is 0 Å². The molecule has 0 bridgehead atoms. The predicted molar refractivity (Wildman–Crippen MR) is 38.5 cm³/mol. The van der Waals surface area contributed by atoms with E-state index >= 15 is 0 Å². The van der Waals surface area contributed by atoms with E-state index in [1.807, 2.05) is 0 Å². The maximum absolute atomic E-state index is 8.74. The second-order valence-corrected chi connectivity index (χ2v) is 0.848. The first-order chi connectivity index (χ1) is 3.73. The zero-order valence-electron chi connectivity index (χ0n) is 3.85. The average molecular weight is 212 g/mol. The van der Waals surface area contributed by atoms with Crippen LogP contribution in [0.2, 0.25) is 0 Å². The minimum absolute atomic E-state index is 0. The Morgan fingerprint density at radius 3 is 1.00 bits per heavy atom. The van der Waals surface area contributed by atoms with Gasteiger partial charge in [-0.1, -0.05) is 0 Å². The summed E-state index contributed by atoms with van der Waals surface area (Å²) in [5.41, 5.74) is 0. The third-order valence-electron chi connectivity index (χ3n) is 0. The molecule has 48 valence electrons. The van der Waals surface area contributed by atoms with E-state index in [1.54, 1.807) is 0 Å². The fourth-order valence-corrected chi connectivity index (χ4v) is 0. The molecule has 0 saturated heterocycles. The van der Waals surface area contributed by atoms with Gasteiger partial charge in [-0.2, -0.15) is 0 Å². The Balaban J connectivity index is -0.0000000125. The van der Waals surface area contributed by atoms with Crippen molar-refractivity contribution in [2.45, 2.75) is 0 Å². The second-order valence-electron chi connectivity index (χ2n) is 0.283. The quantitative estimate of drug-likeness (QED) is 0.427. The molecule has 0 aliphatic carbocycles. The Morgan fingerprint density at radius 2 is 1.00 bits per heavy atom. The van der Waals surface area contributed by atoms with E-state index in [-0.39, 0.29) is 103 Å². The molecule has 0 atom stereocenters. The van der Waals surface area contributed by atoms with Crippen LogP contribution < -0.4 is 0 Å². The van der Waals surface area contributed by atoms with Gasteiger partial charge in [-0.3, -0.25) is 4.46 Å². The molecular formula is C2H6K2N2O3Si. The molecule has 0 amide bonds. The molecule has 10 heavy (non-hydrogen) atoms. The van der Waals surface area contributed by atoms with E-state index in [0.717, 1.165) is 0 Å². The number of nitriles is 2. The third kappa shape index (κ3) is 222. The van der Waals surface area contributed by atoms with Crippen molar-refractivity contribution in [3.05, 3.63) is 0 Å². The molecule has 0 spiro atoms. The number of nitrogens with zero attached hydrogens (tertiary/aromatic N) is 2. The molecule has 0 fully saturated rings. The SMILES string of the molecule is C#N.C#N.O=[Si](O)O.[KH].[KH]. The topological polar surface area (TPSA) is 105 Å². The van der Waals surface area contributed by atoms with Gasteiger partial charge in [0, 0.05) is 13.1 Å². The first-order valence-electron chi connectivity index (χ1n) is 1.17. The molecular weight excluding hydrogens is 206 g/mol. The van der Waals surface area contributed by atoms with Crippen molar-refractivity contribution in [3.63, 3.8) is 0 Å². The summed E-state index contributed by atoms with van der Waals surface area (Å²) in [6, 6.07) is 0. The zero-order chi connectivity index (χ0) is 7.58. The van der Waals surface area contributed by atoms with Crippen LogP contribution in [0, 0.1) is 23.7 Å². The molecule has 0 heterocycles. The molecule has 0 aliphatic heterocycles. The fraction of sp³-hybridized carbons (Fsp3) is 0. The Bertz CT molecular complexity index is 85.0. The van der Waals surface area contributed by atoms with E-state index in [0.29, 0.717) is 0 Å². The molecule has 0 radical (unpaired) electrons. The molecule has 0 aromatic heterocycles. The van der Waals surface area contributed by atoms with Gasteiger partial charge in [0.25, 0.3) is 0 Å². The van der Waals surface area contributed by atoms with Crippen molar-refractivity contribution in [1.29, 1.82) is 10.5 Å². The van der Waals surface area contributed by atoms with Crippen LogP contribution in [-0.2, 0) is 4.46 Å². The van der Waals surface area contributed by atoms with E-state index in [1.165, 1.54) is 0 Å². The van der Waals surface area contributed by atoms with Gasteiger partial charge in [-0.25, -0.2) is 10.5 Å². The van der Waals surface area contributed by atoms with Crippen molar-refractivity contribution in [2.24, 2.45) is 0 Å². The normalized spacial score (nSPS) is 2.80. The van der Waals surface area contributed by atoms with Crippen molar-refractivity contribution >= 4 is 112 Å². The van der Waals surface area contributed by atoms with Crippen LogP contribution in [-0.4, -0.2) is 122 Å². The average Bonchev–Trinajstić information content (AvgIpc) is 1.75. The molecule has 0 unspecified atom stereocenters. The Kier molecular flexibility index (Phi) is 133. The summed E-state index contributed by atoms with van der Waals surface area (Å²) < 4.78 is 8.74. The van der Waals surface area contributed by atoms with Gasteiger partial charge < -0.3 is 9.59 Å².